The lowest BCUT2D eigenvalue weighted by Crippen LogP contribution is -2.61. The van der Waals surface area contributed by atoms with E-state index in [9.17, 15) is 39.0 Å². The van der Waals surface area contributed by atoms with Crippen LogP contribution in [0.4, 0.5) is 11.8 Å². The third-order valence-corrected chi connectivity index (χ3v) is 23.7. The van der Waals surface area contributed by atoms with Crippen molar-refractivity contribution in [2.75, 3.05) is 165 Å². The van der Waals surface area contributed by atoms with Gasteiger partial charge in [-0.1, -0.05) is 76.3 Å². The standard InChI is InChI=1S/C91H138N12O24/c1-60-18-12-11-13-19-61(2)76(112-8)55-70-24-21-66(7)91(111,127-70)85(108)88(109)102-29-16-14-20-72(102)89(110)125-77(56-73(104)62(3)51-65(6)83(107)84(114-10)82(106)64(5)50-60)63(4)52-67-22-25-75(78(53-67)113-9)124-49-48-123-58-69-57-101(100-98-69)31-33-116-35-37-118-39-41-120-43-45-122-47-46-121-44-42-119-40-38-117-36-34-115-32-27-79(105)94-28-15-17-30-103-87-80(86(92)95-59-96-87)81(99-103)68-23-26-74-71(54-68)97-90(93)126-74/h11-13,18-19,23,26,51,54,57,59-60,62-64,66-67,70,72,75-78,83-84,107,111H,14-17,20-22,24-25,27-50,52-53,55-56,58H2,1-10H3,(H2,93,97)(H,94,105)(H2,92,95,96). The average molecular weight is 1780 g/mol. The molecule has 1 saturated carbocycles. The van der Waals surface area contributed by atoms with Gasteiger partial charge in [-0.05, 0) is 138 Å². The van der Waals surface area contributed by atoms with Crippen LogP contribution in [0.2, 0.25) is 0 Å². The fourth-order valence-corrected chi connectivity index (χ4v) is 16.4. The number of aryl methyl sites for hydroxylation is 1. The number of aliphatic hydroxyl groups excluding tert-OH is 1. The van der Waals surface area contributed by atoms with Crippen molar-refractivity contribution in [2.45, 2.75) is 219 Å². The molecule has 3 fully saturated rings. The minimum absolute atomic E-state index is 0.00921. The van der Waals surface area contributed by atoms with Crippen molar-refractivity contribution >= 4 is 69.1 Å². The zero-order chi connectivity index (χ0) is 91.0. The minimum atomic E-state index is -2.47. The minimum Gasteiger partial charge on any atom is -0.460 e. The number of methoxy groups -OCH3 is 3. The highest BCUT2D eigenvalue weighted by atomic mass is 16.6. The summed E-state index contributed by atoms with van der Waals surface area (Å²) in [5.41, 5.74) is 17.1. The Morgan fingerprint density at radius 2 is 1.39 bits per heavy atom. The van der Waals surface area contributed by atoms with Gasteiger partial charge in [-0.3, -0.25) is 24.0 Å². The number of hydrogen-bond donors (Lipinski definition) is 5. The Kier molecular flexibility index (Phi) is 43.9. The van der Waals surface area contributed by atoms with E-state index in [0.29, 0.717) is 235 Å². The summed E-state index contributed by atoms with van der Waals surface area (Å²) in [6.07, 6.45) is 16.3. The molecule has 36 nitrogen and oxygen atoms in total. The van der Waals surface area contributed by atoms with Crippen molar-refractivity contribution < 1.29 is 114 Å². The number of cyclic esters (lactones) is 1. The van der Waals surface area contributed by atoms with Gasteiger partial charge in [0.25, 0.3) is 17.7 Å². The molecule has 15 unspecified atom stereocenters. The van der Waals surface area contributed by atoms with Gasteiger partial charge in [0.15, 0.2) is 17.0 Å². The van der Waals surface area contributed by atoms with Crippen LogP contribution in [-0.4, -0.2) is 298 Å². The Morgan fingerprint density at radius 3 is 2.07 bits per heavy atom. The monoisotopic (exact) mass is 1780 g/mol. The van der Waals surface area contributed by atoms with E-state index in [4.69, 9.17) is 92.0 Å². The molecule has 4 aromatic heterocycles. The van der Waals surface area contributed by atoms with Gasteiger partial charge in [-0.15, -0.1) is 5.10 Å². The van der Waals surface area contributed by atoms with Crippen LogP contribution in [0.15, 0.2) is 82.7 Å². The first-order chi connectivity index (χ1) is 61.4. The van der Waals surface area contributed by atoms with Crippen LogP contribution in [0.1, 0.15) is 150 Å². The molecule has 15 atom stereocenters. The van der Waals surface area contributed by atoms with Crippen LogP contribution < -0.4 is 16.8 Å². The molecule has 2 saturated heterocycles. The molecule has 36 heteroatoms. The Labute approximate surface area is 744 Å². The number of benzene rings is 1. The lowest BCUT2D eigenvalue weighted by molar-refractivity contribution is -0.265. The Hall–Kier alpha value is -8.28. The number of carbonyl (C=O) groups excluding carboxylic acids is 6. The topological polar surface area (TPSA) is 449 Å². The number of carbonyl (C=O) groups is 6. The molecule has 4 aliphatic rings. The molecule has 3 aliphatic heterocycles. The maximum Gasteiger partial charge on any atom is 0.329 e. The van der Waals surface area contributed by atoms with E-state index >= 15 is 0 Å². The zero-order valence-electron chi connectivity index (χ0n) is 75.9. The first-order valence-corrected chi connectivity index (χ1v) is 45.0. The van der Waals surface area contributed by atoms with E-state index in [1.54, 1.807) is 56.5 Å². The highest BCUT2D eigenvalue weighted by Crippen LogP contribution is 2.39. The Morgan fingerprint density at radius 1 is 0.717 bits per heavy atom. The van der Waals surface area contributed by atoms with Crippen LogP contribution in [0, 0.1) is 35.5 Å². The normalized spacial score (nSPS) is 25.2. The average Bonchev–Trinajstić information content (AvgIpc) is 1.54. The number of oxazole rings is 1. The van der Waals surface area contributed by atoms with Crippen LogP contribution in [0.25, 0.3) is 33.4 Å². The van der Waals surface area contributed by atoms with E-state index in [1.807, 2.05) is 76.4 Å². The second-order valence-electron chi connectivity index (χ2n) is 33.4. The largest absolute Gasteiger partial charge is 0.460 e. The molecule has 2 bridgehead atoms. The molecule has 7 N–H and O–H groups in total. The van der Waals surface area contributed by atoms with Gasteiger partial charge in [0.2, 0.25) is 11.7 Å². The van der Waals surface area contributed by atoms with Crippen molar-refractivity contribution in [1.29, 1.82) is 0 Å². The van der Waals surface area contributed by atoms with Crippen molar-refractivity contribution in [1.82, 2.24) is 49.9 Å². The van der Waals surface area contributed by atoms with Crippen LogP contribution >= 0.6 is 0 Å². The number of aromatic nitrogens is 8. The van der Waals surface area contributed by atoms with Crippen molar-refractivity contribution in [3.8, 4) is 11.3 Å². The molecule has 0 spiro atoms. The number of esters is 1. The van der Waals surface area contributed by atoms with Crippen LogP contribution in [0.3, 0.4) is 0 Å². The van der Waals surface area contributed by atoms with Crippen molar-refractivity contribution in [3.63, 3.8) is 0 Å². The number of fused-ring (bicyclic) bond motifs is 5. The number of nitrogens with one attached hydrogen (secondary N) is 1. The number of piperidine rings is 1. The number of anilines is 2. The molecule has 0 radical (unpaired) electrons. The maximum absolute atomic E-state index is 14.8. The number of rotatable bonds is 45. The molecule has 5 aromatic rings. The zero-order valence-corrected chi connectivity index (χ0v) is 75.9. The number of Topliss-reactive ketones (excluding diaryl/α,β-unsaturated/α-hetero) is 3. The SMILES string of the molecule is COC1CC2CCC(C)C(O)(O2)C(=O)C(=O)N2CCCCC2C(=O)OC(C(C)CC2CCC(OCCOCc3cn(CCOCCOCCOCCOCCOCCOCCOCCOCCC(=O)NCCCCn4nc(-c5ccc6oc(N)nc6c5)c5c(N)ncnc54)nn3)C(OC)C2)CC(=O)C(C)C=C(C)C(O)C(OC)C(=O)C(C)CC(C)C=CC=CC=C1C. The third kappa shape index (κ3) is 32.4. The molecule has 9 rings (SSSR count). The number of aliphatic hydroxyl groups is 2. The van der Waals surface area contributed by atoms with Crippen molar-refractivity contribution in [2.24, 2.45) is 35.5 Å². The van der Waals surface area contributed by atoms with Gasteiger partial charge >= 0.3 is 5.97 Å². The Balaban J connectivity index is 0.586. The highest BCUT2D eigenvalue weighted by molar-refractivity contribution is 6.39. The summed E-state index contributed by atoms with van der Waals surface area (Å²) >= 11 is 0. The fourth-order valence-electron chi connectivity index (χ4n) is 16.4. The molecular formula is C91H138N12O24. The quantitative estimate of drug-likeness (QED) is 0.0106. The summed E-state index contributed by atoms with van der Waals surface area (Å²) in [4.78, 5) is 98.7. The van der Waals surface area contributed by atoms with E-state index in [1.165, 1.54) is 18.3 Å². The summed E-state index contributed by atoms with van der Waals surface area (Å²) in [6.45, 7) is 21.6. The van der Waals surface area contributed by atoms with Crippen LogP contribution in [0.5, 0.6) is 0 Å². The van der Waals surface area contributed by atoms with Crippen molar-refractivity contribution in [3.05, 3.63) is 84.0 Å². The van der Waals surface area contributed by atoms with E-state index in [2.05, 4.69) is 30.6 Å². The summed E-state index contributed by atoms with van der Waals surface area (Å²) in [5, 5.41) is 40.7. The molecule has 2 amide bonds. The lowest BCUT2D eigenvalue weighted by atomic mass is 9.78. The van der Waals surface area contributed by atoms with Gasteiger partial charge < -0.3 is 107 Å². The summed E-state index contributed by atoms with van der Waals surface area (Å²) in [7, 11) is 4.61. The molecule has 127 heavy (non-hydrogen) atoms. The smallest absolute Gasteiger partial charge is 0.329 e. The first kappa shape index (κ1) is 102. The molecule has 706 valence electrons. The molecule has 7 heterocycles. The second kappa shape index (κ2) is 54.4. The number of nitrogens with zero attached hydrogens (tertiary/aromatic N) is 9. The van der Waals surface area contributed by atoms with Crippen LogP contribution in [-0.2, 0) is 120 Å². The van der Waals surface area contributed by atoms with E-state index in [-0.39, 0.29) is 92.5 Å². The second-order valence-corrected chi connectivity index (χ2v) is 33.4. The third-order valence-electron chi connectivity index (χ3n) is 23.7. The highest BCUT2D eigenvalue weighted by Gasteiger charge is 2.53. The number of ketones is 3. The number of hydrogen-bond acceptors (Lipinski definition) is 32. The number of unbranched alkanes of at least 4 members (excludes halogenated alkanes) is 1. The van der Waals surface area contributed by atoms with Gasteiger partial charge in [0.05, 0.1) is 168 Å². The lowest BCUT2D eigenvalue weighted by Gasteiger charge is -2.42. The molecular weight excluding hydrogens is 1650 g/mol. The number of allylic oxidation sites excluding steroid dienone is 6. The number of nitrogens with two attached hydrogens (primary N) is 2. The fraction of sp³-hybridized carbons (Fsp3) is 0.692. The summed E-state index contributed by atoms with van der Waals surface area (Å²) < 4.78 is 96.4. The maximum atomic E-state index is 14.8. The van der Waals surface area contributed by atoms with Gasteiger partial charge in [-0.25, -0.2) is 24.1 Å². The van der Waals surface area contributed by atoms with E-state index < -0.39 is 77.8 Å². The predicted octanol–water partition coefficient (Wildman–Crippen LogP) is 8.25. The number of amides is 2. The predicted molar refractivity (Wildman–Crippen MR) is 469 cm³/mol. The Bertz CT molecular complexity index is 4320. The number of nitrogen functional groups attached to an aromatic ring is 2. The number of ether oxygens (including phenoxy) is 15. The van der Waals surface area contributed by atoms with Gasteiger partial charge in [0, 0.05) is 83.5 Å². The van der Waals surface area contributed by atoms with Gasteiger partial charge in [0.1, 0.15) is 59.2 Å². The molecule has 1 aliphatic carbocycles. The molecule has 1 aromatic carbocycles. The first-order valence-electron chi connectivity index (χ1n) is 45.0. The van der Waals surface area contributed by atoms with Gasteiger partial charge in [-0.2, -0.15) is 10.1 Å². The summed E-state index contributed by atoms with van der Waals surface area (Å²) in [5.74, 6) is -8.07. The summed E-state index contributed by atoms with van der Waals surface area (Å²) in [6, 6.07) is 4.39. The van der Waals surface area contributed by atoms with E-state index in [0.717, 1.165) is 30.4 Å².